The van der Waals surface area contributed by atoms with Crippen LogP contribution in [0.3, 0.4) is 0 Å². The van der Waals surface area contributed by atoms with Crippen LogP contribution in [0.1, 0.15) is 51.0 Å². The van der Waals surface area contributed by atoms with E-state index in [0.717, 1.165) is 18.9 Å². The van der Waals surface area contributed by atoms with Gasteiger partial charge in [0.1, 0.15) is 5.58 Å². The molecular formula is C21H26F3NO4. The van der Waals surface area contributed by atoms with Crippen molar-refractivity contribution in [3.63, 3.8) is 0 Å². The third kappa shape index (κ3) is 6.51. The summed E-state index contributed by atoms with van der Waals surface area (Å²) >= 11 is 0. The van der Waals surface area contributed by atoms with Crippen LogP contribution in [0.2, 0.25) is 0 Å². The molecule has 1 heterocycles. The van der Waals surface area contributed by atoms with Gasteiger partial charge in [-0.2, -0.15) is 13.2 Å². The SMILES string of the molecule is CCC(=O)OCCCCCCCN(c1cc(=O)oc2c(C)cccc12)C(F)(F)F. The largest absolute Gasteiger partial charge is 0.484 e. The molecule has 0 aliphatic heterocycles. The van der Waals surface area contributed by atoms with Gasteiger partial charge in [0.25, 0.3) is 0 Å². The third-order valence-electron chi connectivity index (χ3n) is 4.62. The summed E-state index contributed by atoms with van der Waals surface area (Å²) in [5, 5.41) is 0.264. The van der Waals surface area contributed by atoms with E-state index in [1.165, 1.54) is 6.07 Å². The molecule has 0 aliphatic carbocycles. The number of anilines is 1. The van der Waals surface area contributed by atoms with Gasteiger partial charge in [-0.05, 0) is 31.4 Å². The van der Waals surface area contributed by atoms with Crippen LogP contribution in [-0.2, 0) is 9.53 Å². The fourth-order valence-corrected chi connectivity index (χ4v) is 3.11. The molecule has 0 atom stereocenters. The van der Waals surface area contributed by atoms with Crippen molar-refractivity contribution >= 4 is 22.6 Å². The van der Waals surface area contributed by atoms with Gasteiger partial charge in [0.2, 0.25) is 0 Å². The summed E-state index contributed by atoms with van der Waals surface area (Å²) in [6.45, 7) is 3.49. The number of rotatable bonds is 10. The molecule has 0 saturated carbocycles. The zero-order valence-electron chi connectivity index (χ0n) is 16.7. The first-order valence-electron chi connectivity index (χ1n) is 9.77. The van der Waals surface area contributed by atoms with Gasteiger partial charge < -0.3 is 9.15 Å². The molecule has 0 spiro atoms. The topological polar surface area (TPSA) is 59.8 Å². The number of benzene rings is 1. The second-order valence-electron chi connectivity index (χ2n) is 6.86. The van der Waals surface area contributed by atoms with Crippen LogP contribution in [0.15, 0.2) is 33.5 Å². The summed E-state index contributed by atoms with van der Waals surface area (Å²) in [6.07, 6.45) is -1.14. The van der Waals surface area contributed by atoms with Crippen molar-refractivity contribution in [2.45, 2.75) is 58.7 Å². The van der Waals surface area contributed by atoms with Crippen LogP contribution in [0, 0.1) is 6.92 Å². The lowest BCUT2D eigenvalue weighted by Gasteiger charge is -2.27. The lowest BCUT2D eigenvalue weighted by Crippen LogP contribution is -2.39. The summed E-state index contributed by atoms with van der Waals surface area (Å²) in [5.74, 6) is -0.249. The first-order chi connectivity index (χ1) is 13.7. The van der Waals surface area contributed by atoms with E-state index in [1.807, 2.05) is 0 Å². The van der Waals surface area contributed by atoms with Gasteiger partial charge >= 0.3 is 17.9 Å². The molecule has 2 rings (SSSR count). The van der Waals surface area contributed by atoms with E-state index in [0.29, 0.717) is 42.8 Å². The van der Waals surface area contributed by atoms with Gasteiger partial charge in [0, 0.05) is 24.4 Å². The van der Waals surface area contributed by atoms with E-state index in [4.69, 9.17) is 9.15 Å². The Hall–Kier alpha value is -2.51. The number of para-hydroxylation sites is 1. The van der Waals surface area contributed by atoms with Gasteiger partial charge in [0.05, 0.1) is 12.3 Å². The number of fused-ring (bicyclic) bond motifs is 1. The van der Waals surface area contributed by atoms with Crippen molar-refractivity contribution in [3.05, 3.63) is 40.2 Å². The summed E-state index contributed by atoms with van der Waals surface area (Å²) in [6, 6.07) is 5.75. The molecular weight excluding hydrogens is 387 g/mol. The Balaban J connectivity index is 2.00. The Morgan fingerprint density at radius 3 is 2.52 bits per heavy atom. The highest BCUT2D eigenvalue weighted by Crippen LogP contribution is 2.34. The zero-order chi connectivity index (χ0) is 21.4. The number of nitrogens with zero attached hydrogens (tertiary/aromatic N) is 1. The van der Waals surface area contributed by atoms with Gasteiger partial charge in [-0.1, -0.05) is 38.3 Å². The normalized spacial score (nSPS) is 11.6. The first kappa shape index (κ1) is 22.8. The quantitative estimate of drug-likeness (QED) is 0.228. The Morgan fingerprint density at radius 1 is 1.14 bits per heavy atom. The van der Waals surface area contributed by atoms with E-state index < -0.39 is 11.9 Å². The number of esters is 1. The molecule has 0 radical (unpaired) electrons. The smallest absolute Gasteiger partial charge is 0.466 e. The second-order valence-corrected chi connectivity index (χ2v) is 6.86. The fraction of sp³-hybridized carbons (Fsp3) is 0.524. The Morgan fingerprint density at radius 2 is 1.83 bits per heavy atom. The number of ether oxygens (including phenoxy) is 1. The molecule has 1 aromatic carbocycles. The molecule has 0 unspecified atom stereocenters. The minimum atomic E-state index is -4.61. The van der Waals surface area contributed by atoms with Crippen molar-refractivity contribution < 1.29 is 27.1 Å². The molecule has 0 aliphatic rings. The number of unbranched alkanes of at least 4 members (excludes halogenated alkanes) is 4. The van der Waals surface area contributed by atoms with Gasteiger partial charge in [0.15, 0.2) is 0 Å². The minimum Gasteiger partial charge on any atom is -0.466 e. The van der Waals surface area contributed by atoms with Crippen molar-refractivity contribution in [2.24, 2.45) is 0 Å². The highest BCUT2D eigenvalue weighted by molar-refractivity contribution is 5.92. The summed E-state index contributed by atoms with van der Waals surface area (Å²) < 4.78 is 51.2. The van der Waals surface area contributed by atoms with E-state index in [9.17, 15) is 22.8 Å². The monoisotopic (exact) mass is 413 g/mol. The fourth-order valence-electron chi connectivity index (χ4n) is 3.11. The maximum Gasteiger partial charge on any atom is 0.484 e. The van der Waals surface area contributed by atoms with Crippen LogP contribution in [-0.4, -0.2) is 25.4 Å². The summed E-state index contributed by atoms with van der Waals surface area (Å²) in [5.41, 5.74) is -0.213. The number of alkyl halides is 3. The molecule has 0 fully saturated rings. The number of hydrogen-bond acceptors (Lipinski definition) is 5. The maximum atomic E-state index is 13.7. The Labute approximate surface area is 167 Å². The van der Waals surface area contributed by atoms with Crippen LogP contribution in [0.4, 0.5) is 18.9 Å². The molecule has 0 saturated heterocycles. The predicted octanol–water partition coefficient (Wildman–Crippen LogP) is 5.33. The molecule has 0 bridgehead atoms. The van der Waals surface area contributed by atoms with Crippen LogP contribution >= 0.6 is 0 Å². The molecule has 160 valence electrons. The zero-order valence-corrected chi connectivity index (χ0v) is 16.7. The average molecular weight is 413 g/mol. The maximum absolute atomic E-state index is 13.7. The number of aryl methyl sites for hydroxylation is 1. The lowest BCUT2D eigenvalue weighted by atomic mass is 10.1. The molecule has 8 heteroatoms. The number of carbonyl (C=O) groups excluding carboxylic acids is 1. The number of halogens is 3. The van der Waals surface area contributed by atoms with E-state index in [1.54, 1.807) is 26.0 Å². The van der Waals surface area contributed by atoms with Crippen molar-refractivity contribution in [3.8, 4) is 0 Å². The second kappa shape index (κ2) is 10.3. The molecule has 0 N–H and O–H groups in total. The van der Waals surface area contributed by atoms with E-state index >= 15 is 0 Å². The van der Waals surface area contributed by atoms with Crippen LogP contribution in [0.5, 0.6) is 0 Å². The van der Waals surface area contributed by atoms with Crippen molar-refractivity contribution in [2.75, 3.05) is 18.1 Å². The molecule has 1 aromatic heterocycles. The first-order valence-corrected chi connectivity index (χ1v) is 9.77. The van der Waals surface area contributed by atoms with Crippen molar-refractivity contribution in [1.82, 2.24) is 0 Å². The van der Waals surface area contributed by atoms with E-state index in [2.05, 4.69) is 0 Å². The van der Waals surface area contributed by atoms with Crippen molar-refractivity contribution in [1.29, 1.82) is 0 Å². The standard InChI is InChI=1S/C21H26F3NO4/c1-3-18(26)28-13-8-6-4-5-7-12-25(21(22,23)24)17-14-19(27)29-20-15(2)10-9-11-16(17)20/h9-11,14H,3-8,12-13H2,1-2H3. The summed E-state index contributed by atoms with van der Waals surface area (Å²) in [7, 11) is 0. The van der Waals surface area contributed by atoms with Crippen LogP contribution in [0.25, 0.3) is 11.0 Å². The number of carbonyl (C=O) groups is 1. The molecule has 5 nitrogen and oxygen atoms in total. The molecule has 29 heavy (non-hydrogen) atoms. The third-order valence-corrected chi connectivity index (χ3v) is 4.62. The number of hydrogen-bond donors (Lipinski definition) is 0. The Bertz CT molecular complexity index is 876. The van der Waals surface area contributed by atoms with Gasteiger partial charge in [-0.3, -0.25) is 9.69 Å². The predicted molar refractivity (Wildman–Crippen MR) is 105 cm³/mol. The lowest BCUT2D eigenvalue weighted by molar-refractivity contribution is -0.143. The highest BCUT2D eigenvalue weighted by atomic mass is 19.4. The molecule has 2 aromatic rings. The van der Waals surface area contributed by atoms with Gasteiger partial charge in [-0.25, -0.2) is 4.79 Å². The summed E-state index contributed by atoms with van der Waals surface area (Å²) in [4.78, 5) is 23.2. The molecule has 0 amide bonds. The average Bonchev–Trinajstić information content (AvgIpc) is 2.66. The minimum absolute atomic E-state index is 0.172. The van der Waals surface area contributed by atoms with Gasteiger partial charge in [-0.15, -0.1) is 0 Å². The highest BCUT2D eigenvalue weighted by Gasteiger charge is 2.38. The van der Waals surface area contributed by atoms with E-state index in [-0.39, 0.29) is 29.2 Å². The van der Waals surface area contributed by atoms with Crippen LogP contribution < -0.4 is 10.5 Å². The Kier molecular flexibility index (Phi) is 8.10.